The van der Waals surface area contributed by atoms with Gasteiger partial charge in [0.25, 0.3) is 5.91 Å². The standard InChI is InChI=1S/C23H30N4O/c1-2-20-7-3-4-16-27(20)23(28)18-12-13-24-22(17-18)25-19-8-10-21(11-9-19)26-14-5-6-15-26/h8-13,17,20H,2-7,14-16H2,1H3,(H,24,25). The fourth-order valence-corrected chi connectivity index (χ4v) is 4.37. The summed E-state index contributed by atoms with van der Waals surface area (Å²) in [7, 11) is 0. The van der Waals surface area contributed by atoms with Crippen LogP contribution in [0.25, 0.3) is 0 Å². The molecule has 3 heterocycles. The van der Waals surface area contributed by atoms with Crippen LogP contribution in [0.2, 0.25) is 0 Å². The van der Waals surface area contributed by atoms with Crippen LogP contribution in [0.1, 0.15) is 55.8 Å². The Kier molecular flexibility index (Phi) is 5.79. The molecule has 2 aromatic rings. The number of rotatable bonds is 5. The zero-order chi connectivity index (χ0) is 19.3. The fourth-order valence-electron chi connectivity index (χ4n) is 4.37. The summed E-state index contributed by atoms with van der Waals surface area (Å²) in [4.78, 5) is 21.9. The van der Waals surface area contributed by atoms with Gasteiger partial charge in [0, 0.05) is 48.8 Å². The minimum atomic E-state index is 0.126. The molecule has 2 saturated heterocycles. The highest BCUT2D eigenvalue weighted by atomic mass is 16.2. The van der Waals surface area contributed by atoms with Crippen molar-refractivity contribution in [2.45, 2.75) is 51.5 Å². The molecule has 2 fully saturated rings. The summed E-state index contributed by atoms with van der Waals surface area (Å²) in [6, 6.07) is 12.5. The second kappa shape index (κ2) is 8.63. The summed E-state index contributed by atoms with van der Waals surface area (Å²) in [5.41, 5.74) is 2.98. The number of benzene rings is 1. The minimum absolute atomic E-state index is 0.126. The van der Waals surface area contributed by atoms with Crippen molar-refractivity contribution in [2.75, 3.05) is 29.9 Å². The van der Waals surface area contributed by atoms with Crippen LogP contribution in [0.4, 0.5) is 17.2 Å². The molecule has 0 aliphatic carbocycles. The van der Waals surface area contributed by atoms with Crippen molar-refractivity contribution < 1.29 is 4.79 Å². The molecule has 1 unspecified atom stereocenters. The first-order valence-corrected chi connectivity index (χ1v) is 10.6. The van der Waals surface area contributed by atoms with Crippen molar-refractivity contribution in [2.24, 2.45) is 0 Å². The van der Waals surface area contributed by atoms with E-state index in [0.29, 0.717) is 17.4 Å². The number of carbonyl (C=O) groups is 1. The summed E-state index contributed by atoms with van der Waals surface area (Å²) in [6.07, 6.45) is 8.73. The van der Waals surface area contributed by atoms with Gasteiger partial charge < -0.3 is 15.1 Å². The van der Waals surface area contributed by atoms with Crippen LogP contribution >= 0.6 is 0 Å². The van der Waals surface area contributed by atoms with Crippen molar-refractivity contribution in [3.05, 3.63) is 48.2 Å². The highest BCUT2D eigenvalue weighted by Crippen LogP contribution is 2.25. The first kappa shape index (κ1) is 18.8. The van der Waals surface area contributed by atoms with E-state index < -0.39 is 0 Å². The minimum Gasteiger partial charge on any atom is -0.372 e. The molecule has 0 spiro atoms. The topological polar surface area (TPSA) is 48.5 Å². The van der Waals surface area contributed by atoms with E-state index in [2.05, 4.69) is 46.4 Å². The summed E-state index contributed by atoms with van der Waals surface area (Å²) in [5.74, 6) is 0.839. The smallest absolute Gasteiger partial charge is 0.254 e. The molecule has 1 N–H and O–H groups in total. The van der Waals surface area contributed by atoms with Gasteiger partial charge in [-0.05, 0) is 74.9 Å². The van der Waals surface area contributed by atoms with Crippen LogP contribution in [0.3, 0.4) is 0 Å². The Bertz CT molecular complexity index is 799. The molecule has 0 radical (unpaired) electrons. The number of hydrogen-bond acceptors (Lipinski definition) is 4. The summed E-state index contributed by atoms with van der Waals surface area (Å²) in [6.45, 7) is 5.32. The Morgan fingerprint density at radius 1 is 1.07 bits per heavy atom. The predicted octanol–water partition coefficient (Wildman–Crippen LogP) is 4.83. The molecular weight excluding hydrogens is 348 g/mol. The highest BCUT2D eigenvalue weighted by molar-refractivity contribution is 5.95. The van der Waals surface area contributed by atoms with E-state index in [4.69, 9.17) is 0 Å². The van der Waals surface area contributed by atoms with Crippen LogP contribution in [-0.2, 0) is 0 Å². The van der Waals surface area contributed by atoms with E-state index in [0.717, 1.165) is 44.6 Å². The fraction of sp³-hybridized carbons (Fsp3) is 0.478. The van der Waals surface area contributed by atoms with Gasteiger partial charge in [0.05, 0.1) is 0 Å². The number of aromatic nitrogens is 1. The molecular formula is C23H30N4O. The number of carbonyl (C=O) groups excluding carboxylic acids is 1. The lowest BCUT2D eigenvalue weighted by Gasteiger charge is -2.35. The Hall–Kier alpha value is -2.56. The van der Waals surface area contributed by atoms with Crippen molar-refractivity contribution in [3.8, 4) is 0 Å². The Labute approximate surface area is 167 Å². The van der Waals surface area contributed by atoms with Gasteiger partial charge in [0.15, 0.2) is 0 Å². The second-order valence-electron chi connectivity index (χ2n) is 7.85. The number of amides is 1. The first-order chi connectivity index (χ1) is 13.7. The van der Waals surface area contributed by atoms with E-state index in [1.165, 1.54) is 24.9 Å². The lowest BCUT2D eigenvalue weighted by atomic mass is 9.99. The summed E-state index contributed by atoms with van der Waals surface area (Å²) in [5, 5.41) is 3.34. The molecule has 1 atom stereocenters. The number of pyridine rings is 1. The molecule has 5 nitrogen and oxygen atoms in total. The average Bonchev–Trinajstić information content (AvgIpc) is 3.29. The van der Waals surface area contributed by atoms with Crippen LogP contribution in [0.15, 0.2) is 42.6 Å². The van der Waals surface area contributed by atoms with Crippen molar-refractivity contribution in [1.82, 2.24) is 9.88 Å². The van der Waals surface area contributed by atoms with Crippen molar-refractivity contribution in [3.63, 3.8) is 0 Å². The molecule has 2 aliphatic rings. The van der Waals surface area contributed by atoms with Crippen LogP contribution in [0.5, 0.6) is 0 Å². The molecule has 1 amide bonds. The number of nitrogens with zero attached hydrogens (tertiary/aromatic N) is 3. The van der Waals surface area contributed by atoms with Gasteiger partial charge in [0.1, 0.15) is 5.82 Å². The lowest BCUT2D eigenvalue weighted by molar-refractivity contribution is 0.0608. The van der Waals surface area contributed by atoms with Gasteiger partial charge in [-0.25, -0.2) is 4.98 Å². The maximum Gasteiger partial charge on any atom is 0.254 e. The van der Waals surface area contributed by atoms with E-state index in [1.54, 1.807) is 6.20 Å². The Balaban J connectivity index is 1.45. The van der Waals surface area contributed by atoms with Gasteiger partial charge in [-0.15, -0.1) is 0 Å². The number of nitrogens with one attached hydrogen (secondary N) is 1. The maximum absolute atomic E-state index is 13.0. The number of hydrogen-bond donors (Lipinski definition) is 1. The molecule has 4 rings (SSSR count). The van der Waals surface area contributed by atoms with Gasteiger partial charge in [0.2, 0.25) is 0 Å². The zero-order valence-corrected chi connectivity index (χ0v) is 16.7. The average molecular weight is 379 g/mol. The number of likely N-dealkylation sites (tertiary alicyclic amines) is 1. The van der Waals surface area contributed by atoms with E-state index in [9.17, 15) is 4.79 Å². The van der Waals surface area contributed by atoms with Gasteiger partial charge in [-0.2, -0.15) is 0 Å². The Morgan fingerprint density at radius 2 is 1.82 bits per heavy atom. The van der Waals surface area contributed by atoms with Gasteiger partial charge >= 0.3 is 0 Å². The first-order valence-electron chi connectivity index (χ1n) is 10.6. The zero-order valence-electron chi connectivity index (χ0n) is 16.7. The van der Waals surface area contributed by atoms with Crippen molar-refractivity contribution in [1.29, 1.82) is 0 Å². The summed E-state index contributed by atoms with van der Waals surface area (Å²) >= 11 is 0. The second-order valence-corrected chi connectivity index (χ2v) is 7.85. The lowest BCUT2D eigenvalue weighted by Crippen LogP contribution is -2.43. The van der Waals surface area contributed by atoms with E-state index >= 15 is 0 Å². The monoisotopic (exact) mass is 378 g/mol. The maximum atomic E-state index is 13.0. The van der Waals surface area contributed by atoms with Crippen LogP contribution in [-0.4, -0.2) is 41.5 Å². The Morgan fingerprint density at radius 3 is 2.57 bits per heavy atom. The third kappa shape index (κ3) is 4.13. The highest BCUT2D eigenvalue weighted by Gasteiger charge is 2.26. The number of piperidine rings is 1. The molecule has 1 aromatic carbocycles. The molecule has 2 aliphatic heterocycles. The SMILES string of the molecule is CCC1CCCCN1C(=O)c1ccnc(Nc2ccc(N3CCCC3)cc2)c1. The molecule has 5 heteroatoms. The predicted molar refractivity (Wildman–Crippen MR) is 114 cm³/mol. The van der Waals surface area contributed by atoms with E-state index in [-0.39, 0.29) is 5.91 Å². The molecule has 0 bridgehead atoms. The van der Waals surface area contributed by atoms with E-state index in [1.807, 2.05) is 17.0 Å². The third-order valence-electron chi connectivity index (χ3n) is 5.98. The molecule has 28 heavy (non-hydrogen) atoms. The van der Waals surface area contributed by atoms with Crippen LogP contribution in [0, 0.1) is 0 Å². The van der Waals surface area contributed by atoms with Gasteiger partial charge in [-0.3, -0.25) is 4.79 Å². The normalized spacial score (nSPS) is 19.7. The third-order valence-corrected chi connectivity index (χ3v) is 5.98. The molecule has 1 aromatic heterocycles. The molecule has 148 valence electrons. The largest absolute Gasteiger partial charge is 0.372 e. The quantitative estimate of drug-likeness (QED) is 0.809. The van der Waals surface area contributed by atoms with Crippen molar-refractivity contribution >= 4 is 23.1 Å². The van der Waals surface area contributed by atoms with Gasteiger partial charge in [-0.1, -0.05) is 6.92 Å². The molecule has 0 saturated carbocycles. The summed E-state index contributed by atoms with van der Waals surface area (Å²) < 4.78 is 0. The van der Waals surface area contributed by atoms with Crippen LogP contribution < -0.4 is 10.2 Å². The number of anilines is 3.